The summed E-state index contributed by atoms with van der Waals surface area (Å²) in [6.07, 6.45) is 0.344. The van der Waals surface area contributed by atoms with Crippen LogP contribution in [-0.4, -0.2) is 57.2 Å². The number of amides is 1. The molecule has 0 fully saturated rings. The molecule has 0 unspecified atom stereocenters. The minimum absolute atomic E-state index is 0.0334. The van der Waals surface area contributed by atoms with Crippen LogP contribution in [0.3, 0.4) is 0 Å². The lowest BCUT2D eigenvalue weighted by molar-refractivity contribution is -0.118. The molecule has 28 heavy (non-hydrogen) atoms. The highest BCUT2D eigenvalue weighted by Crippen LogP contribution is 2.37. The first-order chi connectivity index (χ1) is 13.5. The number of hydrogen-bond donors (Lipinski definition) is 0. The summed E-state index contributed by atoms with van der Waals surface area (Å²) in [5, 5.41) is 0.688. The molecule has 0 aliphatic heterocycles. The van der Waals surface area contributed by atoms with Crippen LogP contribution in [0.4, 0.5) is 5.13 Å². The number of methoxy groups -OCH3 is 2. The zero-order valence-corrected chi connectivity index (χ0v) is 17.5. The van der Waals surface area contributed by atoms with E-state index < -0.39 is 0 Å². The summed E-state index contributed by atoms with van der Waals surface area (Å²) in [6.45, 7) is 1.33. The Hall–Kier alpha value is -2.64. The summed E-state index contributed by atoms with van der Waals surface area (Å²) in [5.74, 6) is 1.31. The SMILES string of the molecule is COc1cc2nc(N(CCN(C)C)C(=O)Cc3ccccc3)sc2cc1OC. The maximum atomic E-state index is 13.1. The number of rotatable bonds is 8. The van der Waals surface area contributed by atoms with E-state index in [1.807, 2.05) is 56.6 Å². The first-order valence-corrected chi connectivity index (χ1v) is 9.85. The van der Waals surface area contributed by atoms with Crippen molar-refractivity contribution >= 4 is 32.6 Å². The van der Waals surface area contributed by atoms with Gasteiger partial charge in [0.05, 0.1) is 30.9 Å². The van der Waals surface area contributed by atoms with Gasteiger partial charge in [0.15, 0.2) is 16.6 Å². The third kappa shape index (κ3) is 4.61. The molecule has 148 valence electrons. The van der Waals surface area contributed by atoms with Gasteiger partial charge in [-0.3, -0.25) is 9.69 Å². The number of carbonyl (C=O) groups excluding carboxylic acids is 1. The molecule has 0 aliphatic carbocycles. The monoisotopic (exact) mass is 399 g/mol. The second kappa shape index (κ2) is 9.03. The quantitative estimate of drug-likeness (QED) is 0.581. The van der Waals surface area contributed by atoms with Crippen LogP contribution in [0.1, 0.15) is 5.56 Å². The first-order valence-electron chi connectivity index (χ1n) is 9.03. The Labute approximate surface area is 169 Å². The molecular formula is C21H25N3O3S. The zero-order valence-electron chi connectivity index (χ0n) is 16.6. The fourth-order valence-corrected chi connectivity index (χ4v) is 3.87. The Balaban J connectivity index is 1.93. The van der Waals surface area contributed by atoms with Crippen LogP contribution in [0, 0.1) is 0 Å². The summed E-state index contributed by atoms with van der Waals surface area (Å²) < 4.78 is 11.7. The van der Waals surface area contributed by atoms with Gasteiger partial charge in [0.1, 0.15) is 0 Å². The molecule has 6 nitrogen and oxygen atoms in total. The molecule has 0 atom stereocenters. The molecule has 1 amide bonds. The first kappa shape index (κ1) is 20.1. The summed E-state index contributed by atoms with van der Waals surface area (Å²) in [5.41, 5.74) is 1.78. The number of thiazole rings is 1. The van der Waals surface area contributed by atoms with E-state index in [1.54, 1.807) is 19.1 Å². The highest BCUT2D eigenvalue weighted by molar-refractivity contribution is 7.22. The van der Waals surface area contributed by atoms with E-state index in [2.05, 4.69) is 4.90 Å². The normalized spacial score (nSPS) is 11.0. The Bertz CT molecular complexity index is 900. The maximum absolute atomic E-state index is 13.1. The van der Waals surface area contributed by atoms with E-state index in [0.29, 0.717) is 29.6 Å². The molecule has 2 aromatic carbocycles. The summed E-state index contributed by atoms with van der Waals surface area (Å²) in [7, 11) is 7.20. The average Bonchev–Trinajstić information content (AvgIpc) is 3.09. The van der Waals surface area contributed by atoms with Crippen molar-refractivity contribution in [3.63, 3.8) is 0 Å². The summed E-state index contributed by atoms with van der Waals surface area (Å²) >= 11 is 1.48. The fraction of sp³-hybridized carbons (Fsp3) is 0.333. The number of carbonyl (C=O) groups is 1. The van der Waals surface area contributed by atoms with E-state index in [4.69, 9.17) is 14.5 Å². The second-order valence-electron chi connectivity index (χ2n) is 6.68. The van der Waals surface area contributed by atoms with Crippen molar-refractivity contribution in [2.45, 2.75) is 6.42 Å². The number of anilines is 1. The van der Waals surface area contributed by atoms with E-state index in [1.165, 1.54) is 11.3 Å². The molecule has 0 bridgehead atoms. The molecule has 1 heterocycles. The van der Waals surface area contributed by atoms with Crippen LogP contribution in [0.15, 0.2) is 42.5 Å². The van der Waals surface area contributed by atoms with Crippen molar-refractivity contribution in [2.75, 3.05) is 46.3 Å². The fourth-order valence-electron chi connectivity index (χ4n) is 2.85. The topological polar surface area (TPSA) is 54.9 Å². The number of ether oxygens (including phenoxy) is 2. The van der Waals surface area contributed by atoms with Crippen molar-refractivity contribution in [3.05, 3.63) is 48.0 Å². The largest absolute Gasteiger partial charge is 0.493 e. The highest BCUT2D eigenvalue weighted by Gasteiger charge is 2.21. The number of aromatic nitrogens is 1. The second-order valence-corrected chi connectivity index (χ2v) is 7.69. The molecule has 1 aromatic heterocycles. The van der Waals surface area contributed by atoms with Crippen molar-refractivity contribution in [3.8, 4) is 11.5 Å². The van der Waals surface area contributed by atoms with Gasteiger partial charge in [-0.2, -0.15) is 0 Å². The lowest BCUT2D eigenvalue weighted by Gasteiger charge is -2.22. The van der Waals surface area contributed by atoms with Crippen LogP contribution >= 0.6 is 11.3 Å². The zero-order chi connectivity index (χ0) is 20.1. The molecule has 0 saturated heterocycles. The van der Waals surface area contributed by atoms with Gasteiger partial charge in [-0.25, -0.2) is 4.98 Å². The maximum Gasteiger partial charge on any atom is 0.233 e. The Morgan fingerprint density at radius 2 is 1.71 bits per heavy atom. The van der Waals surface area contributed by atoms with Crippen LogP contribution in [0.5, 0.6) is 11.5 Å². The predicted octanol–water partition coefficient (Wildman–Crippen LogP) is 3.45. The lowest BCUT2D eigenvalue weighted by Crippen LogP contribution is -2.37. The Morgan fingerprint density at radius 3 is 2.36 bits per heavy atom. The van der Waals surface area contributed by atoms with Crippen LogP contribution in [0.2, 0.25) is 0 Å². The van der Waals surface area contributed by atoms with E-state index >= 15 is 0 Å². The van der Waals surface area contributed by atoms with E-state index in [9.17, 15) is 4.79 Å². The van der Waals surface area contributed by atoms with Crippen LogP contribution in [-0.2, 0) is 11.2 Å². The number of benzene rings is 2. The van der Waals surface area contributed by atoms with Gasteiger partial charge in [0, 0.05) is 25.2 Å². The van der Waals surface area contributed by atoms with Crippen molar-refractivity contribution in [1.29, 1.82) is 0 Å². The predicted molar refractivity (Wildman–Crippen MR) is 114 cm³/mol. The van der Waals surface area contributed by atoms with Crippen LogP contribution < -0.4 is 14.4 Å². The molecule has 3 aromatic rings. The molecule has 0 spiro atoms. The third-order valence-electron chi connectivity index (χ3n) is 4.38. The molecule has 3 rings (SSSR count). The molecule has 0 radical (unpaired) electrons. The van der Waals surface area contributed by atoms with Gasteiger partial charge >= 0.3 is 0 Å². The average molecular weight is 400 g/mol. The van der Waals surface area contributed by atoms with E-state index in [-0.39, 0.29) is 5.91 Å². The number of nitrogens with zero attached hydrogens (tertiary/aromatic N) is 3. The van der Waals surface area contributed by atoms with Crippen molar-refractivity contribution in [2.24, 2.45) is 0 Å². The summed E-state index contributed by atoms with van der Waals surface area (Å²) in [4.78, 5) is 21.6. The van der Waals surface area contributed by atoms with Gasteiger partial charge in [0.25, 0.3) is 0 Å². The minimum Gasteiger partial charge on any atom is -0.493 e. The Kier molecular flexibility index (Phi) is 6.49. The molecule has 7 heteroatoms. The molecular weight excluding hydrogens is 374 g/mol. The van der Waals surface area contributed by atoms with Gasteiger partial charge in [-0.15, -0.1) is 0 Å². The molecule has 0 N–H and O–H groups in total. The van der Waals surface area contributed by atoms with Crippen LogP contribution in [0.25, 0.3) is 10.2 Å². The van der Waals surface area contributed by atoms with E-state index in [0.717, 1.165) is 22.3 Å². The number of hydrogen-bond acceptors (Lipinski definition) is 6. The van der Waals surface area contributed by atoms with Crippen molar-refractivity contribution in [1.82, 2.24) is 9.88 Å². The number of likely N-dealkylation sites (N-methyl/N-ethyl adjacent to an activating group) is 1. The third-order valence-corrected chi connectivity index (χ3v) is 5.42. The Morgan fingerprint density at radius 1 is 1.04 bits per heavy atom. The van der Waals surface area contributed by atoms with Gasteiger partial charge in [-0.1, -0.05) is 41.7 Å². The smallest absolute Gasteiger partial charge is 0.233 e. The summed E-state index contributed by atoms with van der Waals surface area (Å²) in [6, 6.07) is 13.5. The van der Waals surface area contributed by atoms with Gasteiger partial charge in [0.2, 0.25) is 5.91 Å². The number of fused-ring (bicyclic) bond motifs is 1. The van der Waals surface area contributed by atoms with Crippen molar-refractivity contribution < 1.29 is 14.3 Å². The molecule has 0 aliphatic rings. The van der Waals surface area contributed by atoms with Gasteiger partial charge < -0.3 is 14.4 Å². The minimum atomic E-state index is 0.0334. The lowest BCUT2D eigenvalue weighted by atomic mass is 10.1. The standard InChI is InChI=1S/C21H25N3O3S/c1-23(2)10-11-24(20(25)12-15-8-6-5-7-9-15)21-22-16-13-17(26-3)18(27-4)14-19(16)28-21/h5-9,13-14H,10-12H2,1-4H3. The van der Waals surface area contributed by atoms with Gasteiger partial charge in [-0.05, 0) is 19.7 Å². The highest BCUT2D eigenvalue weighted by atomic mass is 32.1. The molecule has 0 saturated carbocycles.